The quantitative estimate of drug-likeness (QED) is 0.475. The number of hydrogen-bond acceptors (Lipinski definition) is 6. The van der Waals surface area contributed by atoms with Crippen LogP contribution >= 0.6 is 0 Å². The maximum absolute atomic E-state index is 13.2. The molecule has 4 rings (SSSR count). The molecule has 0 aromatic heterocycles. The zero-order valence-electron chi connectivity index (χ0n) is 17.6. The number of amidine groups is 1. The fourth-order valence-corrected chi connectivity index (χ4v) is 3.15. The molecular weight excluding hydrogens is 406 g/mol. The lowest BCUT2D eigenvalue weighted by atomic mass is 10.2. The van der Waals surface area contributed by atoms with Gasteiger partial charge < -0.3 is 14.6 Å². The molecule has 1 N–H and O–H groups in total. The Kier molecular flexibility index (Phi) is 5.98. The van der Waals surface area contributed by atoms with Crippen LogP contribution in [0.4, 0.5) is 0 Å². The van der Waals surface area contributed by atoms with Crippen molar-refractivity contribution in [3.05, 3.63) is 95.2 Å². The fraction of sp³-hybridized carbons (Fsp3) is 0.0800. The molecule has 1 aliphatic rings. The van der Waals surface area contributed by atoms with Crippen LogP contribution in [0.3, 0.4) is 0 Å². The molecular formula is C25H21N3O4. The van der Waals surface area contributed by atoms with E-state index in [0.29, 0.717) is 17.1 Å². The number of rotatable bonds is 6. The van der Waals surface area contributed by atoms with Crippen molar-refractivity contribution in [2.75, 3.05) is 14.2 Å². The van der Waals surface area contributed by atoms with E-state index in [-0.39, 0.29) is 17.4 Å². The van der Waals surface area contributed by atoms with Gasteiger partial charge in [0.25, 0.3) is 5.91 Å². The average molecular weight is 427 g/mol. The van der Waals surface area contributed by atoms with Gasteiger partial charge in [-0.25, -0.2) is 4.99 Å². The van der Waals surface area contributed by atoms with Gasteiger partial charge in [-0.05, 0) is 47.5 Å². The zero-order valence-corrected chi connectivity index (χ0v) is 17.6. The van der Waals surface area contributed by atoms with Gasteiger partial charge in [0.15, 0.2) is 17.3 Å². The van der Waals surface area contributed by atoms with Gasteiger partial charge in [-0.3, -0.25) is 4.79 Å². The third kappa shape index (κ3) is 4.37. The number of carbonyl (C=O) groups excluding carboxylic acids is 1. The van der Waals surface area contributed by atoms with E-state index in [1.807, 2.05) is 54.6 Å². The number of hydrogen-bond donors (Lipinski definition) is 1. The van der Waals surface area contributed by atoms with Crippen molar-refractivity contribution >= 4 is 24.0 Å². The predicted molar refractivity (Wildman–Crippen MR) is 123 cm³/mol. The van der Waals surface area contributed by atoms with Crippen molar-refractivity contribution in [3.63, 3.8) is 0 Å². The van der Waals surface area contributed by atoms with Crippen LogP contribution in [0.15, 0.2) is 88.6 Å². The molecule has 3 aromatic rings. The summed E-state index contributed by atoms with van der Waals surface area (Å²) in [5.74, 6) is 1.16. The molecule has 0 fully saturated rings. The second-order valence-corrected chi connectivity index (χ2v) is 6.90. The summed E-state index contributed by atoms with van der Waals surface area (Å²) in [7, 11) is 3.07. The Balaban J connectivity index is 1.69. The molecule has 1 heterocycles. The highest BCUT2D eigenvalue weighted by Crippen LogP contribution is 2.26. The first-order valence-corrected chi connectivity index (χ1v) is 9.84. The normalized spacial score (nSPS) is 14.8. The lowest BCUT2D eigenvalue weighted by Crippen LogP contribution is -2.27. The number of carbonyl (C=O) groups is 1. The van der Waals surface area contributed by atoms with Gasteiger partial charge >= 0.3 is 0 Å². The van der Waals surface area contributed by atoms with E-state index in [1.165, 1.54) is 24.4 Å². The zero-order chi connectivity index (χ0) is 22.5. The highest BCUT2D eigenvalue weighted by Gasteiger charge is 2.31. The lowest BCUT2D eigenvalue weighted by Gasteiger charge is -2.12. The smallest absolute Gasteiger partial charge is 0.298 e. The number of phenolic OH excluding ortho intramolecular Hbond substituents is 1. The first kappa shape index (κ1) is 20.9. The Bertz CT molecular complexity index is 1220. The molecule has 0 saturated carbocycles. The SMILES string of the molecule is COc1ccc(C=C2N=C(c3ccccc3)N(/N=C/c3ccc(O)c(OC)c3)C2=O)cc1. The van der Waals surface area contributed by atoms with Crippen LogP contribution < -0.4 is 9.47 Å². The van der Waals surface area contributed by atoms with Crippen molar-refractivity contribution in [2.45, 2.75) is 0 Å². The van der Waals surface area contributed by atoms with Gasteiger partial charge in [-0.2, -0.15) is 10.1 Å². The Morgan fingerprint density at radius 1 is 0.938 bits per heavy atom. The molecule has 1 aliphatic heterocycles. The Morgan fingerprint density at radius 3 is 2.34 bits per heavy atom. The first-order chi connectivity index (χ1) is 15.6. The number of aromatic hydroxyl groups is 1. The van der Waals surface area contributed by atoms with Gasteiger partial charge in [-0.15, -0.1) is 0 Å². The van der Waals surface area contributed by atoms with Gasteiger partial charge in [0.2, 0.25) is 0 Å². The van der Waals surface area contributed by atoms with Gasteiger partial charge in [0.05, 0.1) is 20.4 Å². The van der Waals surface area contributed by atoms with E-state index in [9.17, 15) is 9.90 Å². The molecule has 0 radical (unpaired) electrons. The van der Waals surface area contributed by atoms with Crippen LogP contribution in [-0.2, 0) is 4.79 Å². The van der Waals surface area contributed by atoms with E-state index in [0.717, 1.165) is 16.9 Å². The minimum absolute atomic E-state index is 0.0261. The molecule has 3 aromatic carbocycles. The molecule has 0 bridgehead atoms. The Hall–Kier alpha value is -4.39. The van der Waals surface area contributed by atoms with Crippen LogP contribution in [0.1, 0.15) is 16.7 Å². The van der Waals surface area contributed by atoms with Crippen molar-refractivity contribution in [3.8, 4) is 17.2 Å². The monoisotopic (exact) mass is 427 g/mol. The van der Waals surface area contributed by atoms with E-state index in [2.05, 4.69) is 10.1 Å². The standard InChI is InChI=1S/C25H21N3O4/c1-31-20-11-8-17(9-12-20)14-21-25(30)28(24(27-21)19-6-4-3-5-7-19)26-16-18-10-13-22(29)23(15-18)32-2/h3-16,29H,1-2H3/b21-14?,26-16+. The maximum Gasteiger partial charge on any atom is 0.298 e. The summed E-state index contributed by atoms with van der Waals surface area (Å²) in [6.45, 7) is 0. The number of nitrogens with zero attached hydrogens (tertiary/aromatic N) is 3. The number of aliphatic imine (C=N–C) groups is 1. The van der Waals surface area contributed by atoms with Crippen LogP contribution in [0.2, 0.25) is 0 Å². The highest BCUT2D eigenvalue weighted by molar-refractivity contribution is 6.19. The molecule has 7 nitrogen and oxygen atoms in total. The molecule has 32 heavy (non-hydrogen) atoms. The largest absolute Gasteiger partial charge is 0.504 e. The molecule has 0 unspecified atom stereocenters. The highest BCUT2D eigenvalue weighted by atomic mass is 16.5. The summed E-state index contributed by atoms with van der Waals surface area (Å²) in [5.41, 5.74) is 2.51. The van der Waals surface area contributed by atoms with Crippen molar-refractivity contribution in [1.82, 2.24) is 5.01 Å². The second kappa shape index (κ2) is 9.18. The molecule has 160 valence electrons. The van der Waals surface area contributed by atoms with Crippen LogP contribution in [0, 0.1) is 0 Å². The lowest BCUT2D eigenvalue weighted by molar-refractivity contribution is -0.122. The summed E-state index contributed by atoms with van der Waals surface area (Å²) >= 11 is 0. The first-order valence-electron chi connectivity index (χ1n) is 9.84. The van der Waals surface area contributed by atoms with E-state index in [1.54, 1.807) is 25.3 Å². The number of amides is 1. The maximum atomic E-state index is 13.2. The molecule has 0 spiro atoms. The second-order valence-electron chi connectivity index (χ2n) is 6.90. The van der Waals surface area contributed by atoms with E-state index >= 15 is 0 Å². The van der Waals surface area contributed by atoms with Crippen LogP contribution in [0.5, 0.6) is 17.2 Å². The van der Waals surface area contributed by atoms with Crippen molar-refractivity contribution in [2.24, 2.45) is 10.1 Å². The molecule has 0 aliphatic carbocycles. The third-order valence-corrected chi connectivity index (χ3v) is 4.82. The van der Waals surface area contributed by atoms with Crippen molar-refractivity contribution in [1.29, 1.82) is 0 Å². The number of methoxy groups -OCH3 is 2. The predicted octanol–water partition coefficient (Wildman–Crippen LogP) is 4.07. The third-order valence-electron chi connectivity index (χ3n) is 4.82. The van der Waals surface area contributed by atoms with E-state index < -0.39 is 0 Å². The Labute approximate surface area is 185 Å². The summed E-state index contributed by atoms with van der Waals surface area (Å²) in [6, 6.07) is 21.5. The van der Waals surface area contributed by atoms with E-state index in [4.69, 9.17) is 9.47 Å². The number of phenols is 1. The van der Waals surface area contributed by atoms with Crippen LogP contribution in [-0.4, -0.2) is 42.3 Å². The van der Waals surface area contributed by atoms with Gasteiger partial charge in [0.1, 0.15) is 11.4 Å². The number of benzene rings is 3. The van der Waals surface area contributed by atoms with Crippen molar-refractivity contribution < 1.29 is 19.4 Å². The summed E-state index contributed by atoms with van der Waals surface area (Å²) in [6.07, 6.45) is 3.23. The number of hydrazone groups is 1. The molecule has 0 atom stereocenters. The van der Waals surface area contributed by atoms with Crippen LogP contribution in [0.25, 0.3) is 6.08 Å². The van der Waals surface area contributed by atoms with Gasteiger partial charge in [-0.1, -0.05) is 42.5 Å². The Morgan fingerprint density at radius 2 is 1.66 bits per heavy atom. The molecule has 0 saturated heterocycles. The summed E-state index contributed by atoms with van der Waals surface area (Å²) in [4.78, 5) is 17.7. The minimum atomic E-state index is -0.346. The number of ether oxygens (including phenoxy) is 2. The fourth-order valence-electron chi connectivity index (χ4n) is 3.15. The summed E-state index contributed by atoms with van der Waals surface area (Å²) in [5, 5.41) is 15.4. The minimum Gasteiger partial charge on any atom is -0.504 e. The summed E-state index contributed by atoms with van der Waals surface area (Å²) < 4.78 is 10.3. The average Bonchev–Trinajstić information content (AvgIpc) is 3.14. The topological polar surface area (TPSA) is 83.7 Å². The molecule has 7 heteroatoms. The molecule has 1 amide bonds. The van der Waals surface area contributed by atoms with Gasteiger partial charge in [0, 0.05) is 5.56 Å².